The Balaban J connectivity index is 1.93. The molecule has 10 nitrogen and oxygen atoms in total. The SMILES string of the molecule is CO[C@H]1O[C@@H]2COC(c3ccccc3)O[C@H]2[C@@H](OS(C)(=O)=O)[C@@H]1OS(C)(=O)=O. The van der Waals surface area contributed by atoms with Crippen LogP contribution in [0, 0.1) is 0 Å². The summed E-state index contributed by atoms with van der Waals surface area (Å²) < 4.78 is 79.7. The van der Waals surface area contributed by atoms with Crippen molar-refractivity contribution in [3.63, 3.8) is 0 Å². The molecule has 2 saturated heterocycles. The molecule has 0 saturated carbocycles. The molecular weight excluding hydrogens is 416 g/mol. The second-order valence-electron chi connectivity index (χ2n) is 6.49. The van der Waals surface area contributed by atoms with Crippen molar-refractivity contribution in [2.75, 3.05) is 26.2 Å². The Labute approximate surface area is 163 Å². The van der Waals surface area contributed by atoms with Crippen molar-refractivity contribution in [1.29, 1.82) is 0 Å². The number of methoxy groups -OCH3 is 1. The van der Waals surface area contributed by atoms with Crippen molar-refractivity contribution in [1.82, 2.24) is 0 Å². The monoisotopic (exact) mass is 438 g/mol. The van der Waals surface area contributed by atoms with Crippen molar-refractivity contribution in [3.8, 4) is 0 Å². The molecule has 1 aromatic rings. The van der Waals surface area contributed by atoms with Gasteiger partial charge in [0.25, 0.3) is 20.2 Å². The lowest BCUT2D eigenvalue weighted by Gasteiger charge is -2.47. The first-order chi connectivity index (χ1) is 13.1. The average Bonchev–Trinajstić information content (AvgIpc) is 2.61. The van der Waals surface area contributed by atoms with E-state index >= 15 is 0 Å². The van der Waals surface area contributed by atoms with E-state index in [9.17, 15) is 16.8 Å². The Morgan fingerprint density at radius 2 is 1.54 bits per heavy atom. The lowest BCUT2D eigenvalue weighted by atomic mass is 9.98. The van der Waals surface area contributed by atoms with Crippen LogP contribution in [0.1, 0.15) is 11.9 Å². The van der Waals surface area contributed by atoms with Crippen LogP contribution in [0.2, 0.25) is 0 Å². The highest BCUT2D eigenvalue weighted by atomic mass is 32.2. The minimum Gasteiger partial charge on any atom is -0.353 e. The first kappa shape index (κ1) is 21.6. The Kier molecular flexibility index (Phi) is 6.41. The summed E-state index contributed by atoms with van der Waals surface area (Å²) in [5.41, 5.74) is 0.702. The van der Waals surface area contributed by atoms with E-state index in [1.165, 1.54) is 7.11 Å². The second kappa shape index (κ2) is 8.32. The highest BCUT2D eigenvalue weighted by molar-refractivity contribution is 7.86. The van der Waals surface area contributed by atoms with Crippen LogP contribution in [-0.2, 0) is 47.5 Å². The lowest BCUT2D eigenvalue weighted by molar-refractivity contribution is -0.351. The quantitative estimate of drug-likeness (QED) is 0.567. The van der Waals surface area contributed by atoms with Gasteiger partial charge in [-0.3, -0.25) is 8.37 Å². The maximum atomic E-state index is 11.8. The van der Waals surface area contributed by atoms with Gasteiger partial charge in [-0.2, -0.15) is 16.8 Å². The van der Waals surface area contributed by atoms with Gasteiger partial charge < -0.3 is 18.9 Å². The van der Waals surface area contributed by atoms with E-state index in [4.69, 9.17) is 27.3 Å². The third-order valence-electron chi connectivity index (χ3n) is 4.16. The summed E-state index contributed by atoms with van der Waals surface area (Å²) in [6.45, 7) is 0.0549. The molecule has 2 fully saturated rings. The van der Waals surface area contributed by atoms with Gasteiger partial charge in [0.05, 0.1) is 19.1 Å². The molecule has 0 aromatic heterocycles. The van der Waals surface area contributed by atoms with Crippen molar-refractivity contribution in [2.24, 2.45) is 0 Å². The molecular formula is C16H22O10S2. The summed E-state index contributed by atoms with van der Waals surface area (Å²) in [5.74, 6) is 0. The van der Waals surface area contributed by atoms with Crippen molar-refractivity contribution >= 4 is 20.2 Å². The van der Waals surface area contributed by atoms with Gasteiger partial charge in [0, 0.05) is 12.7 Å². The molecule has 12 heteroatoms. The average molecular weight is 438 g/mol. The number of hydrogen-bond acceptors (Lipinski definition) is 10. The normalized spacial score (nSPS) is 34.0. The molecule has 3 rings (SSSR count). The topological polar surface area (TPSA) is 124 Å². The molecule has 2 aliphatic heterocycles. The minimum absolute atomic E-state index is 0.0549. The van der Waals surface area contributed by atoms with Crippen LogP contribution in [0.15, 0.2) is 30.3 Å². The molecule has 0 N–H and O–H groups in total. The van der Waals surface area contributed by atoms with Gasteiger partial charge in [-0.15, -0.1) is 0 Å². The van der Waals surface area contributed by atoms with Crippen LogP contribution in [0.5, 0.6) is 0 Å². The predicted molar refractivity (Wildman–Crippen MR) is 95.1 cm³/mol. The number of benzene rings is 1. The molecule has 1 unspecified atom stereocenters. The smallest absolute Gasteiger partial charge is 0.264 e. The molecule has 0 spiro atoms. The van der Waals surface area contributed by atoms with Crippen molar-refractivity contribution < 1.29 is 44.1 Å². The fourth-order valence-electron chi connectivity index (χ4n) is 3.13. The van der Waals surface area contributed by atoms with Crippen LogP contribution >= 0.6 is 0 Å². The Bertz CT molecular complexity index is 870. The fourth-order valence-corrected chi connectivity index (χ4v) is 4.36. The van der Waals surface area contributed by atoms with Crippen LogP contribution in [0.25, 0.3) is 0 Å². The third kappa shape index (κ3) is 5.27. The molecule has 0 amide bonds. The van der Waals surface area contributed by atoms with E-state index in [1.54, 1.807) is 24.3 Å². The van der Waals surface area contributed by atoms with Crippen molar-refractivity contribution in [2.45, 2.75) is 37.0 Å². The number of ether oxygens (including phenoxy) is 4. The zero-order valence-electron chi connectivity index (χ0n) is 15.5. The summed E-state index contributed by atoms with van der Waals surface area (Å²) >= 11 is 0. The third-order valence-corrected chi connectivity index (χ3v) is 5.30. The van der Waals surface area contributed by atoms with Crippen LogP contribution in [-0.4, -0.2) is 73.8 Å². The lowest BCUT2D eigenvalue weighted by Crippen LogP contribution is -2.64. The van der Waals surface area contributed by atoms with Crippen molar-refractivity contribution in [3.05, 3.63) is 35.9 Å². The predicted octanol–water partition coefficient (Wildman–Crippen LogP) is 0.162. The Hall–Kier alpha value is -1.12. The molecule has 0 aliphatic carbocycles. The van der Waals surface area contributed by atoms with Gasteiger partial charge in [-0.25, -0.2) is 0 Å². The van der Waals surface area contributed by atoms with Gasteiger partial charge in [0.15, 0.2) is 18.7 Å². The van der Waals surface area contributed by atoms with Gasteiger partial charge in [-0.05, 0) is 0 Å². The Morgan fingerprint density at radius 3 is 2.11 bits per heavy atom. The van der Waals surface area contributed by atoms with Crippen LogP contribution in [0.4, 0.5) is 0 Å². The van der Waals surface area contributed by atoms with Gasteiger partial charge in [0.1, 0.15) is 18.3 Å². The molecule has 0 radical (unpaired) electrons. The molecule has 158 valence electrons. The fraction of sp³-hybridized carbons (Fsp3) is 0.625. The maximum absolute atomic E-state index is 11.8. The summed E-state index contributed by atoms with van der Waals surface area (Å²) in [6, 6.07) is 8.99. The molecule has 28 heavy (non-hydrogen) atoms. The van der Waals surface area contributed by atoms with E-state index < -0.39 is 57.2 Å². The first-order valence-corrected chi connectivity index (χ1v) is 12.0. The number of hydrogen-bond donors (Lipinski definition) is 0. The summed E-state index contributed by atoms with van der Waals surface area (Å²) in [7, 11) is -6.69. The Morgan fingerprint density at radius 1 is 0.929 bits per heavy atom. The number of rotatable bonds is 6. The summed E-state index contributed by atoms with van der Waals surface area (Å²) in [4.78, 5) is 0. The second-order valence-corrected chi connectivity index (χ2v) is 9.69. The van der Waals surface area contributed by atoms with Gasteiger partial charge >= 0.3 is 0 Å². The largest absolute Gasteiger partial charge is 0.353 e. The molecule has 1 aromatic carbocycles. The zero-order valence-corrected chi connectivity index (χ0v) is 17.1. The van der Waals surface area contributed by atoms with E-state index in [0.717, 1.165) is 12.5 Å². The molecule has 2 aliphatic rings. The highest BCUT2D eigenvalue weighted by Gasteiger charge is 2.54. The van der Waals surface area contributed by atoms with E-state index in [2.05, 4.69) is 0 Å². The van der Waals surface area contributed by atoms with Gasteiger partial charge in [0.2, 0.25) is 0 Å². The molecule has 2 heterocycles. The van der Waals surface area contributed by atoms with Gasteiger partial charge in [-0.1, -0.05) is 30.3 Å². The highest BCUT2D eigenvalue weighted by Crippen LogP contribution is 2.37. The standard InChI is InChI=1S/C16H22O10S2/c1-21-16-14(26-28(3,19)20)13(25-27(2,17)18)12-11(23-16)9-22-15(24-12)10-7-5-4-6-8-10/h4-8,11-16H,9H2,1-3H3/t11-,12-,13-,14+,15?,16+/m1/s1. The molecule has 6 atom stereocenters. The summed E-state index contributed by atoms with van der Waals surface area (Å²) in [6.07, 6.45) is -4.79. The summed E-state index contributed by atoms with van der Waals surface area (Å²) in [5, 5.41) is 0. The first-order valence-electron chi connectivity index (χ1n) is 8.34. The van der Waals surface area contributed by atoms with Crippen LogP contribution in [0.3, 0.4) is 0 Å². The van der Waals surface area contributed by atoms with E-state index in [1.807, 2.05) is 6.07 Å². The number of fused-ring (bicyclic) bond motifs is 1. The maximum Gasteiger partial charge on any atom is 0.264 e. The minimum atomic E-state index is -3.98. The molecule has 0 bridgehead atoms. The zero-order chi connectivity index (χ0) is 20.5. The van der Waals surface area contributed by atoms with E-state index in [0.29, 0.717) is 5.56 Å². The van der Waals surface area contributed by atoms with Crippen LogP contribution < -0.4 is 0 Å². The van der Waals surface area contributed by atoms with E-state index in [-0.39, 0.29) is 6.61 Å².